The Morgan fingerprint density at radius 3 is 1.93 bits per heavy atom. The number of hydrogen-bond donors (Lipinski definition) is 2. The van der Waals surface area contributed by atoms with E-state index in [0.717, 1.165) is 50.1 Å². The van der Waals surface area contributed by atoms with Gasteiger partial charge in [-0.15, -0.1) is 0 Å². The van der Waals surface area contributed by atoms with Crippen molar-refractivity contribution in [1.29, 1.82) is 0 Å². The molecule has 5 rings (SSSR count). The highest BCUT2D eigenvalue weighted by molar-refractivity contribution is 6.76. The second-order valence-electron chi connectivity index (χ2n) is 11.0. The number of fused-ring (bicyclic) bond motifs is 2. The molecule has 0 aromatic rings. The van der Waals surface area contributed by atoms with Crippen molar-refractivity contribution in [2.24, 2.45) is 23.2 Å². The Morgan fingerprint density at radius 1 is 0.750 bits per heavy atom. The maximum Gasteiger partial charge on any atom is 0.200 e. The molecule has 0 amide bonds. The topological polar surface area (TPSA) is 40.5 Å². The van der Waals surface area contributed by atoms with Crippen LogP contribution in [0.3, 0.4) is 0 Å². The second-order valence-corrected chi connectivity index (χ2v) is 11.0. The minimum Gasteiger partial charge on any atom is -0.393 e. The van der Waals surface area contributed by atoms with Gasteiger partial charge in [0, 0.05) is 0 Å². The number of aliphatic hydroxyl groups excluding tert-OH is 2. The first-order valence-corrected chi connectivity index (χ1v) is 12.4. The van der Waals surface area contributed by atoms with E-state index in [4.69, 9.17) is 0 Å². The Labute approximate surface area is 172 Å². The minimum absolute atomic E-state index is 0.0522. The van der Waals surface area contributed by atoms with Gasteiger partial charge in [0.15, 0.2) is 0 Å². The summed E-state index contributed by atoms with van der Waals surface area (Å²) in [5, 5.41) is 20.1. The normalized spacial score (nSPS) is 42.2. The van der Waals surface area contributed by atoms with Crippen molar-refractivity contribution in [2.45, 2.75) is 109 Å². The van der Waals surface area contributed by atoms with Gasteiger partial charge in [0.25, 0.3) is 0 Å². The van der Waals surface area contributed by atoms with E-state index in [1.54, 1.807) is 5.47 Å². The lowest BCUT2D eigenvalue weighted by atomic mass is 9.36. The van der Waals surface area contributed by atoms with Crippen molar-refractivity contribution in [3.63, 3.8) is 0 Å². The largest absolute Gasteiger partial charge is 0.393 e. The van der Waals surface area contributed by atoms with E-state index in [1.165, 1.54) is 64.1 Å². The van der Waals surface area contributed by atoms with Crippen LogP contribution in [-0.2, 0) is 0 Å². The first-order valence-electron chi connectivity index (χ1n) is 12.4. The van der Waals surface area contributed by atoms with Gasteiger partial charge >= 0.3 is 0 Å². The Kier molecular flexibility index (Phi) is 5.29. The Morgan fingerprint density at radius 2 is 1.32 bits per heavy atom. The molecule has 3 saturated carbocycles. The van der Waals surface area contributed by atoms with Gasteiger partial charge in [-0.25, -0.2) is 0 Å². The predicted octanol–water partition coefficient (Wildman–Crippen LogP) is 5.50. The molecule has 2 nitrogen and oxygen atoms in total. The van der Waals surface area contributed by atoms with Gasteiger partial charge in [0.2, 0.25) is 6.71 Å². The van der Waals surface area contributed by atoms with Gasteiger partial charge < -0.3 is 10.2 Å². The second kappa shape index (κ2) is 7.62. The van der Waals surface area contributed by atoms with Crippen LogP contribution in [0.15, 0.2) is 22.6 Å². The molecule has 5 aliphatic rings. The maximum atomic E-state index is 10.1. The van der Waals surface area contributed by atoms with E-state index < -0.39 is 0 Å². The Balaban J connectivity index is 1.46. The minimum atomic E-state index is -0.0545. The molecule has 3 heteroatoms. The lowest BCUT2D eigenvalue weighted by molar-refractivity contribution is 0.112. The smallest absolute Gasteiger partial charge is 0.200 e. The highest BCUT2D eigenvalue weighted by Crippen LogP contribution is 2.61. The SMILES string of the molecule is CC12C=C(C3CCC(O)CC3)B(C1)C(C1CCCCC1)=C2C1CCC(O)CC1. The van der Waals surface area contributed by atoms with Gasteiger partial charge in [0.05, 0.1) is 12.2 Å². The van der Waals surface area contributed by atoms with Crippen molar-refractivity contribution in [3.05, 3.63) is 22.6 Å². The molecule has 2 aliphatic heterocycles. The molecule has 2 bridgehead atoms. The van der Waals surface area contributed by atoms with E-state index in [1.807, 2.05) is 11.0 Å². The molecule has 1 unspecified atom stereocenters. The van der Waals surface area contributed by atoms with Crippen LogP contribution in [0.5, 0.6) is 0 Å². The highest BCUT2D eigenvalue weighted by Gasteiger charge is 2.54. The van der Waals surface area contributed by atoms with E-state index in [0.29, 0.717) is 0 Å². The molecular weight excluding hydrogens is 343 g/mol. The summed E-state index contributed by atoms with van der Waals surface area (Å²) in [6.07, 6.45) is 19.8. The summed E-state index contributed by atoms with van der Waals surface area (Å²) < 4.78 is 0. The molecule has 0 aromatic heterocycles. The van der Waals surface area contributed by atoms with Gasteiger partial charge in [-0.2, -0.15) is 0 Å². The van der Waals surface area contributed by atoms with Crippen LogP contribution in [0.25, 0.3) is 0 Å². The predicted molar refractivity (Wildman–Crippen MR) is 116 cm³/mol. The van der Waals surface area contributed by atoms with E-state index in [2.05, 4.69) is 13.0 Å². The molecular formula is C25H39BO2. The van der Waals surface area contributed by atoms with E-state index in [-0.39, 0.29) is 17.6 Å². The fraction of sp³-hybridized carbons (Fsp3) is 0.840. The quantitative estimate of drug-likeness (QED) is 0.633. The summed E-state index contributed by atoms with van der Waals surface area (Å²) in [5.74, 6) is 2.28. The van der Waals surface area contributed by atoms with Crippen molar-refractivity contribution < 1.29 is 10.2 Å². The summed E-state index contributed by atoms with van der Waals surface area (Å²) in [7, 11) is 0. The zero-order valence-electron chi connectivity index (χ0n) is 17.8. The monoisotopic (exact) mass is 382 g/mol. The van der Waals surface area contributed by atoms with Gasteiger partial charge in [-0.3, -0.25) is 0 Å². The number of rotatable bonds is 3. The first-order chi connectivity index (χ1) is 13.5. The van der Waals surface area contributed by atoms with Crippen molar-refractivity contribution in [2.75, 3.05) is 0 Å². The molecule has 3 aliphatic carbocycles. The summed E-state index contributed by atoms with van der Waals surface area (Å²) in [5.41, 5.74) is 5.80. The zero-order valence-corrected chi connectivity index (χ0v) is 17.8. The highest BCUT2D eigenvalue weighted by atomic mass is 16.3. The third kappa shape index (κ3) is 3.35. The Hall–Kier alpha value is -0.535. The van der Waals surface area contributed by atoms with E-state index >= 15 is 0 Å². The number of hydrogen-bond acceptors (Lipinski definition) is 2. The summed E-state index contributed by atoms with van der Waals surface area (Å²) in [6, 6.07) is 0. The molecule has 154 valence electrons. The van der Waals surface area contributed by atoms with Crippen LogP contribution in [0.4, 0.5) is 0 Å². The number of allylic oxidation sites excluding steroid dienone is 4. The van der Waals surface area contributed by atoms with Crippen molar-refractivity contribution in [1.82, 2.24) is 0 Å². The molecule has 1 atom stereocenters. The molecule has 0 radical (unpaired) electrons. The zero-order chi connectivity index (χ0) is 19.3. The standard InChI is InChI=1S/C25H39BO2/c1-25-15-22(17-7-11-20(27)12-8-17)26(16-25)24(19-5-3-2-4-6-19)23(25)18-9-13-21(28)14-10-18/h15,17-21,27-28H,2-14,16H2,1H3. The molecule has 0 saturated heterocycles. The average Bonchev–Trinajstić information content (AvgIpc) is 3.21. The van der Waals surface area contributed by atoms with Crippen molar-refractivity contribution in [3.8, 4) is 0 Å². The first kappa shape index (κ1) is 19.4. The Bertz CT molecular complexity index is 645. The third-order valence-corrected chi connectivity index (χ3v) is 9.14. The van der Waals surface area contributed by atoms with Crippen LogP contribution in [0.2, 0.25) is 6.32 Å². The van der Waals surface area contributed by atoms with Crippen LogP contribution in [-0.4, -0.2) is 29.1 Å². The molecule has 28 heavy (non-hydrogen) atoms. The fourth-order valence-corrected chi connectivity index (χ4v) is 7.86. The van der Waals surface area contributed by atoms with Crippen LogP contribution < -0.4 is 0 Å². The number of aliphatic hydroxyl groups is 2. The summed E-state index contributed by atoms with van der Waals surface area (Å²) >= 11 is 0. The molecule has 3 fully saturated rings. The van der Waals surface area contributed by atoms with Crippen LogP contribution in [0.1, 0.15) is 90.4 Å². The van der Waals surface area contributed by atoms with E-state index in [9.17, 15) is 10.2 Å². The van der Waals surface area contributed by atoms with Crippen LogP contribution in [0, 0.1) is 23.2 Å². The molecule has 2 N–H and O–H groups in total. The van der Waals surface area contributed by atoms with Gasteiger partial charge in [-0.1, -0.05) is 55.1 Å². The lowest BCUT2D eigenvalue weighted by Crippen LogP contribution is -2.32. The van der Waals surface area contributed by atoms with Gasteiger partial charge in [0.1, 0.15) is 0 Å². The van der Waals surface area contributed by atoms with Crippen molar-refractivity contribution >= 4 is 6.71 Å². The fourth-order valence-electron chi connectivity index (χ4n) is 7.86. The van der Waals surface area contributed by atoms with Crippen LogP contribution >= 0.6 is 0 Å². The molecule has 0 aromatic carbocycles. The third-order valence-electron chi connectivity index (χ3n) is 9.14. The average molecular weight is 382 g/mol. The molecule has 2 heterocycles. The summed E-state index contributed by atoms with van der Waals surface area (Å²) in [6.45, 7) is 3.26. The lowest BCUT2D eigenvalue weighted by Gasteiger charge is -2.40. The summed E-state index contributed by atoms with van der Waals surface area (Å²) in [4.78, 5) is 0. The maximum absolute atomic E-state index is 10.1. The van der Waals surface area contributed by atoms with Gasteiger partial charge in [-0.05, 0) is 87.4 Å². The molecule has 0 spiro atoms.